The Hall–Kier alpha value is -6.68. The Morgan fingerprint density at radius 2 is 0.568 bits per heavy atom. The lowest BCUT2D eigenvalue weighted by atomic mass is 10.1. The molecule has 0 radical (unpaired) electrons. The second-order valence-electron chi connectivity index (χ2n) is 19.1. The van der Waals surface area contributed by atoms with Crippen molar-refractivity contribution >= 4 is 30.0 Å². The molecule has 0 saturated heterocycles. The number of hydrogen-bond donors (Lipinski definition) is 0. The molecule has 0 saturated carbocycles. The molecule has 5 rings (SSSR count). The summed E-state index contributed by atoms with van der Waals surface area (Å²) in [5.74, 6) is -0.303. The smallest absolute Gasteiger partial charge is 0.343 e. The van der Waals surface area contributed by atoms with Gasteiger partial charge >= 0.3 is 23.9 Å². The number of esters is 4. The molecule has 74 heavy (non-hydrogen) atoms. The van der Waals surface area contributed by atoms with Crippen molar-refractivity contribution in [1.82, 2.24) is 0 Å². The molecule has 0 bridgehead atoms. The predicted octanol–water partition coefficient (Wildman–Crippen LogP) is 17.4. The van der Waals surface area contributed by atoms with E-state index in [1.165, 1.54) is 189 Å². The number of carbonyl (C=O) groups excluding carboxylic acids is 4. The quantitative estimate of drug-likeness (QED) is 0.0216. The van der Waals surface area contributed by atoms with E-state index in [0.29, 0.717) is 41.4 Å². The minimum Gasteiger partial charge on any atom is -0.494 e. The summed E-state index contributed by atoms with van der Waals surface area (Å²) in [6.07, 6.45) is 32.4. The zero-order valence-electron chi connectivity index (χ0n) is 44.2. The zero-order chi connectivity index (χ0) is 52.4. The molecule has 0 heterocycles. The number of benzene rings is 5. The van der Waals surface area contributed by atoms with E-state index in [1.54, 1.807) is 60.7 Å². The maximum Gasteiger partial charge on any atom is 0.343 e. The first-order chi connectivity index (χ1) is 36.2. The van der Waals surface area contributed by atoms with Crippen molar-refractivity contribution in [3.63, 3.8) is 0 Å². The van der Waals surface area contributed by atoms with Crippen molar-refractivity contribution in [2.75, 3.05) is 13.2 Å². The molecule has 5 aromatic rings. The number of hydrogen-bond acceptors (Lipinski definition) is 10. The monoisotopic (exact) mass is 1010 g/mol. The van der Waals surface area contributed by atoms with Crippen molar-refractivity contribution < 1.29 is 47.6 Å². The van der Waals surface area contributed by atoms with E-state index in [4.69, 9.17) is 28.4 Å². The summed E-state index contributed by atoms with van der Waals surface area (Å²) in [5, 5.41) is 0. The molecule has 10 nitrogen and oxygen atoms in total. The number of rotatable bonds is 37. The van der Waals surface area contributed by atoms with Crippen LogP contribution < -0.4 is 28.4 Å². The topological polar surface area (TPSA) is 124 Å². The molecule has 0 atom stereocenters. The van der Waals surface area contributed by atoms with Crippen molar-refractivity contribution in [2.45, 2.75) is 168 Å². The van der Waals surface area contributed by atoms with Gasteiger partial charge in [-0.25, -0.2) is 19.2 Å². The first-order valence-electron chi connectivity index (χ1n) is 27.6. The summed E-state index contributed by atoms with van der Waals surface area (Å²) >= 11 is 0. The maximum absolute atomic E-state index is 13.2. The summed E-state index contributed by atoms with van der Waals surface area (Å²) in [7, 11) is 0. The molecule has 0 fully saturated rings. The van der Waals surface area contributed by atoms with E-state index in [0.717, 1.165) is 25.7 Å². The van der Waals surface area contributed by atoms with Crippen molar-refractivity contribution in [3.8, 4) is 34.5 Å². The van der Waals surface area contributed by atoms with E-state index < -0.39 is 23.9 Å². The van der Waals surface area contributed by atoms with Crippen LogP contribution in [0, 0.1) is 0 Å². The van der Waals surface area contributed by atoms with Crippen LogP contribution in [-0.4, -0.2) is 37.1 Å². The van der Waals surface area contributed by atoms with Crippen LogP contribution in [-0.2, 0) is 0 Å². The van der Waals surface area contributed by atoms with Crippen LogP contribution in [0.15, 0.2) is 122 Å². The van der Waals surface area contributed by atoms with Gasteiger partial charge in [-0.15, -0.1) is 0 Å². The predicted molar refractivity (Wildman–Crippen MR) is 295 cm³/mol. The first-order valence-corrected chi connectivity index (χ1v) is 27.6. The largest absolute Gasteiger partial charge is 0.494 e. The first kappa shape index (κ1) is 58.2. The second-order valence-corrected chi connectivity index (χ2v) is 19.1. The van der Waals surface area contributed by atoms with Gasteiger partial charge in [0, 0.05) is 6.07 Å². The third kappa shape index (κ3) is 22.6. The summed E-state index contributed by atoms with van der Waals surface area (Å²) in [4.78, 5) is 52.2. The van der Waals surface area contributed by atoms with Crippen LogP contribution in [0.3, 0.4) is 0 Å². The Morgan fingerprint density at radius 1 is 0.324 bits per heavy atom. The average molecular weight is 1010 g/mol. The normalized spacial score (nSPS) is 10.9. The van der Waals surface area contributed by atoms with Crippen LogP contribution in [0.1, 0.15) is 215 Å². The summed E-state index contributed by atoms with van der Waals surface area (Å²) < 4.78 is 34.2. The molecule has 10 heteroatoms. The Morgan fingerprint density at radius 3 is 0.838 bits per heavy atom. The lowest BCUT2D eigenvalue weighted by Gasteiger charge is -2.10. The highest BCUT2D eigenvalue weighted by Crippen LogP contribution is 2.27. The van der Waals surface area contributed by atoms with Crippen LogP contribution in [0.5, 0.6) is 34.5 Å². The standard InChI is InChI=1S/C64H80O10/c1-4-7-9-11-13-15-17-19-21-23-25-27-45-69-55-37-29-51(30-38-55)61(65)71-57-41-33-53(34-42-57)63(67)73-59-47-50(6-3)48-60(49-59)74-64(68)54-35-43-58(44-36-54)72-62(66)52-31-39-56(40-32-52)70-46-28-26-24-22-20-18-16-14-12-10-8-5-2/h6,29-44,47-49H,3-5,7-28,45-46H2,1-2H3. The van der Waals surface area contributed by atoms with Gasteiger partial charge in [-0.3, -0.25) is 0 Å². The Labute approximate surface area is 441 Å². The zero-order valence-corrected chi connectivity index (χ0v) is 44.2. The fraction of sp³-hybridized carbons (Fsp3) is 0.438. The van der Waals surface area contributed by atoms with Gasteiger partial charge in [0.2, 0.25) is 0 Å². The fourth-order valence-electron chi connectivity index (χ4n) is 8.45. The Balaban J connectivity index is 0.982. The highest BCUT2D eigenvalue weighted by Gasteiger charge is 2.16. The molecule has 0 amide bonds. The molecular weight excluding hydrogens is 929 g/mol. The summed E-state index contributed by atoms with van der Waals surface area (Å²) in [5.41, 5.74) is 1.68. The SMILES string of the molecule is C=Cc1cc(OC(=O)c2ccc(OC(=O)c3ccc(OCCCCCCCCCCCCCC)cc3)cc2)cc(OC(=O)c2ccc(OC(=O)c3ccc(OCCCCCCCCCCCCCC)cc3)cc2)c1. The van der Waals surface area contributed by atoms with Gasteiger partial charge in [0.15, 0.2) is 0 Å². The molecule has 0 aliphatic rings. The molecule has 0 spiro atoms. The highest BCUT2D eigenvalue weighted by molar-refractivity contribution is 5.94. The number of ether oxygens (including phenoxy) is 6. The number of unbranched alkanes of at least 4 members (excludes halogenated alkanes) is 22. The van der Waals surface area contributed by atoms with Gasteiger partial charge in [-0.1, -0.05) is 168 Å². The summed E-state index contributed by atoms with van der Waals surface area (Å²) in [6.45, 7) is 9.58. The second kappa shape index (κ2) is 34.7. The lowest BCUT2D eigenvalue weighted by molar-refractivity contribution is 0.0723. The van der Waals surface area contributed by atoms with Crippen LogP contribution in [0.4, 0.5) is 0 Å². The van der Waals surface area contributed by atoms with Crippen molar-refractivity contribution in [2.24, 2.45) is 0 Å². The van der Waals surface area contributed by atoms with Crippen LogP contribution in [0.2, 0.25) is 0 Å². The number of carbonyl (C=O) groups is 4. The average Bonchev–Trinajstić information content (AvgIpc) is 3.41. The molecule has 0 N–H and O–H groups in total. The van der Waals surface area contributed by atoms with Gasteiger partial charge in [0.25, 0.3) is 0 Å². The molecule has 0 unspecified atom stereocenters. The van der Waals surface area contributed by atoms with Crippen molar-refractivity contribution in [1.29, 1.82) is 0 Å². The minimum absolute atomic E-state index is 0.119. The van der Waals surface area contributed by atoms with E-state index >= 15 is 0 Å². The van der Waals surface area contributed by atoms with E-state index in [9.17, 15) is 19.2 Å². The van der Waals surface area contributed by atoms with Crippen LogP contribution in [0.25, 0.3) is 6.08 Å². The molecule has 5 aromatic carbocycles. The van der Waals surface area contributed by atoms with Gasteiger partial charge in [-0.2, -0.15) is 0 Å². The van der Waals surface area contributed by atoms with E-state index in [1.807, 2.05) is 0 Å². The van der Waals surface area contributed by atoms with E-state index in [-0.39, 0.29) is 34.1 Å². The minimum atomic E-state index is -0.681. The molecule has 0 aromatic heterocycles. The maximum atomic E-state index is 13.2. The Bertz CT molecular complexity index is 2240. The van der Waals surface area contributed by atoms with E-state index in [2.05, 4.69) is 20.4 Å². The van der Waals surface area contributed by atoms with Crippen molar-refractivity contribution in [3.05, 3.63) is 150 Å². The van der Waals surface area contributed by atoms with Gasteiger partial charge in [-0.05, 0) is 128 Å². The van der Waals surface area contributed by atoms with Crippen LogP contribution >= 0.6 is 0 Å². The highest BCUT2D eigenvalue weighted by atomic mass is 16.6. The summed E-state index contributed by atoms with van der Waals surface area (Å²) in [6, 6.07) is 30.3. The van der Waals surface area contributed by atoms with Gasteiger partial charge < -0.3 is 28.4 Å². The van der Waals surface area contributed by atoms with Gasteiger partial charge in [0.05, 0.1) is 35.5 Å². The molecule has 0 aliphatic carbocycles. The third-order valence-electron chi connectivity index (χ3n) is 12.9. The molecular formula is C64H80O10. The molecule has 0 aliphatic heterocycles. The molecule has 396 valence electrons. The fourth-order valence-corrected chi connectivity index (χ4v) is 8.45. The third-order valence-corrected chi connectivity index (χ3v) is 12.9. The lowest BCUT2D eigenvalue weighted by Crippen LogP contribution is -2.11. The Kier molecular flexibility index (Phi) is 27.3. The van der Waals surface area contributed by atoms with Gasteiger partial charge in [0.1, 0.15) is 34.5 Å².